The molecule has 6 nitrogen and oxygen atoms in total. The van der Waals surface area contributed by atoms with E-state index in [1.165, 1.54) is 0 Å². The molecule has 0 radical (unpaired) electrons. The molecule has 0 spiro atoms. The largest absolute Gasteiger partial charge is 0.350 e. The summed E-state index contributed by atoms with van der Waals surface area (Å²) in [5.41, 5.74) is 2.78. The van der Waals surface area contributed by atoms with Crippen LogP contribution >= 0.6 is 0 Å². The van der Waals surface area contributed by atoms with E-state index in [-0.39, 0.29) is 29.6 Å². The lowest BCUT2D eigenvalue weighted by molar-refractivity contribution is -0.144. The van der Waals surface area contributed by atoms with Crippen LogP contribution in [0.2, 0.25) is 0 Å². The van der Waals surface area contributed by atoms with E-state index in [1.807, 2.05) is 82.3 Å². The van der Waals surface area contributed by atoms with Gasteiger partial charge in [-0.3, -0.25) is 14.4 Å². The molecule has 0 saturated carbocycles. The molecule has 3 rings (SSSR count). The third kappa shape index (κ3) is 5.18. The van der Waals surface area contributed by atoms with Gasteiger partial charge in [0.2, 0.25) is 17.7 Å². The Bertz CT molecular complexity index is 958. The quantitative estimate of drug-likeness (QED) is 0.665. The summed E-state index contributed by atoms with van der Waals surface area (Å²) < 4.78 is 0. The Morgan fingerprint density at radius 2 is 1.66 bits per heavy atom. The number of carbonyl (C=O) groups excluding carboxylic acids is 3. The van der Waals surface area contributed by atoms with Crippen molar-refractivity contribution in [3.63, 3.8) is 0 Å². The zero-order valence-corrected chi connectivity index (χ0v) is 19.3. The van der Waals surface area contributed by atoms with Gasteiger partial charge in [0.05, 0.1) is 0 Å². The number of fused-ring (bicyclic) bond motifs is 1. The molecule has 1 aliphatic heterocycles. The Hall–Kier alpha value is -3.15. The molecule has 2 aromatic carbocycles. The summed E-state index contributed by atoms with van der Waals surface area (Å²) in [7, 11) is 0. The lowest BCUT2D eigenvalue weighted by atomic mass is 9.99. The number of nitrogens with zero attached hydrogens (tertiary/aromatic N) is 1. The first-order valence-electron chi connectivity index (χ1n) is 11.3. The molecule has 32 heavy (non-hydrogen) atoms. The fraction of sp³-hybridized carbons (Fsp3) is 0.423. The van der Waals surface area contributed by atoms with Gasteiger partial charge >= 0.3 is 0 Å². The van der Waals surface area contributed by atoms with Crippen LogP contribution in [0.25, 0.3) is 0 Å². The van der Waals surface area contributed by atoms with E-state index >= 15 is 0 Å². The van der Waals surface area contributed by atoms with Crippen molar-refractivity contribution >= 4 is 17.7 Å². The fourth-order valence-electron chi connectivity index (χ4n) is 3.93. The van der Waals surface area contributed by atoms with Crippen molar-refractivity contribution in [3.05, 3.63) is 71.3 Å². The van der Waals surface area contributed by atoms with Crippen LogP contribution in [0, 0.1) is 11.8 Å². The molecule has 0 aliphatic carbocycles. The first-order valence-corrected chi connectivity index (χ1v) is 11.3. The van der Waals surface area contributed by atoms with Gasteiger partial charge in [-0.1, -0.05) is 82.3 Å². The number of hydrogen-bond acceptors (Lipinski definition) is 3. The highest BCUT2D eigenvalue weighted by Gasteiger charge is 2.41. The molecule has 2 aromatic rings. The summed E-state index contributed by atoms with van der Waals surface area (Å²) in [6.45, 7) is 8.35. The molecule has 3 atom stereocenters. The minimum atomic E-state index is -0.718. The van der Waals surface area contributed by atoms with E-state index in [4.69, 9.17) is 0 Å². The van der Waals surface area contributed by atoms with E-state index in [1.54, 1.807) is 4.90 Å². The SMILES string of the molecule is CC[C@@H](C)C(=O)N[C@H](C(=O)N1Cc2ccccc2C1C(=O)NCc1ccccc1)C(C)C. The maximum Gasteiger partial charge on any atom is 0.247 e. The maximum absolute atomic E-state index is 13.6. The minimum absolute atomic E-state index is 0.104. The van der Waals surface area contributed by atoms with E-state index in [0.29, 0.717) is 19.5 Å². The van der Waals surface area contributed by atoms with Gasteiger partial charge in [0.1, 0.15) is 12.1 Å². The predicted molar refractivity (Wildman–Crippen MR) is 124 cm³/mol. The summed E-state index contributed by atoms with van der Waals surface area (Å²) in [6, 6.07) is 15.9. The molecule has 0 saturated heterocycles. The van der Waals surface area contributed by atoms with Crippen LogP contribution in [0.15, 0.2) is 54.6 Å². The minimum Gasteiger partial charge on any atom is -0.350 e. The summed E-state index contributed by atoms with van der Waals surface area (Å²) in [5, 5.41) is 5.91. The maximum atomic E-state index is 13.6. The van der Waals surface area contributed by atoms with E-state index in [2.05, 4.69) is 10.6 Å². The molecule has 0 bridgehead atoms. The van der Waals surface area contributed by atoms with Gasteiger partial charge in [-0.05, 0) is 29.0 Å². The molecular formula is C26H33N3O3. The second-order valence-corrected chi connectivity index (χ2v) is 8.81. The molecular weight excluding hydrogens is 402 g/mol. The van der Waals surface area contributed by atoms with Gasteiger partial charge in [-0.2, -0.15) is 0 Å². The topological polar surface area (TPSA) is 78.5 Å². The van der Waals surface area contributed by atoms with Crippen LogP contribution < -0.4 is 10.6 Å². The van der Waals surface area contributed by atoms with Crippen LogP contribution in [0.3, 0.4) is 0 Å². The third-order valence-corrected chi connectivity index (χ3v) is 6.13. The molecule has 1 heterocycles. The Morgan fingerprint density at radius 3 is 2.31 bits per heavy atom. The number of hydrogen-bond donors (Lipinski definition) is 2. The van der Waals surface area contributed by atoms with Crippen molar-refractivity contribution in [1.82, 2.24) is 15.5 Å². The second-order valence-electron chi connectivity index (χ2n) is 8.81. The van der Waals surface area contributed by atoms with Crippen molar-refractivity contribution in [1.29, 1.82) is 0 Å². The van der Waals surface area contributed by atoms with Crippen molar-refractivity contribution < 1.29 is 14.4 Å². The average molecular weight is 436 g/mol. The first-order chi connectivity index (χ1) is 15.3. The molecule has 170 valence electrons. The van der Waals surface area contributed by atoms with Crippen LogP contribution in [0.4, 0.5) is 0 Å². The van der Waals surface area contributed by atoms with Crippen molar-refractivity contribution in [2.24, 2.45) is 11.8 Å². The third-order valence-electron chi connectivity index (χ3n) is 6.13. The van der Waals surface area contributed by atoms with E-state index in [9.17, 15) is 14.4 Å². The predicted octanol–water partition coefficient (Wildman–Crippen LogP) is 3.57. The van der Waals surface area contributed by atoms with E-state index < -0.39 is 12.1 Å². The normalized spacial score (nSPS) is 16.9. The lowest BCUT2D eigenvalue weighted by Crippen LogP contribution is -2.53. The lowest BCUT2D eigenvalue weighted by Gasteiger charge is -2.31. The monoisotopic (exact) mass is 435 g/mol. The van der Waals surface area contributed by atoms with Crippen LogP contribution in [0.1, 0.15) is 56.8 Å². The highest BCUT2D eigenvalue weighted by atomic mass is 16.2. The van der Waals surface area contributed by atoms with E-state index in [0.717, 1.165) is 16.7 Å². The molecule has 2 N–H and O–H groups in total. The van der Waals surface area contributed by atoms with Gasteiger partial charge in [0, 0.05) is 19.0 Å². The van der Waals surface area contributed by atoms with Gasteiger partial charge < -0.3 is 15.5 Å². The molecule has 6 heteroatoms. The number of nitrogens with one attached hydrogen (secondary N) is 2. The Labute approximate surface area is 190 Å². The fourth-order valence-corrected chi connectivity index (χ4v) is 3.93. The summed E-state index contributed by atoms with van der Waals surface area (Å²) in [5.74, 6) is -0.867. The van der Waals surface area contributed by atoms with Gasteiger partial charge in [0.25, 0.3) is 0 Å². The van der Waals surface area contributed by atoms with Gasteiger partial charge in [-0.15, -0.1) is 0 Å². The van der Waals surface area contributed by atoms with Gasteiger partial charge in [-0.25, -0.2) is 0 Å². The number of benzene rings is 2. The highest BCUT2D eigenvalue weighted by molar-refractivity contribution is 5.94. The summed E-state index contributed by atoms with van der Waals surface area (Å²) >= 11 is 0. The first kappa shape index (κ1) is 23.5. The molecule has 3 amide bonds. The average Bonchev–Trinajstić information content (AvgIpc) is 3.20. The van der Waals surface area contributed by atoms with Crippen LogP contribution in [-0.2, 0) is 27.5 Å². The summed E-state index contributed by atoms with van der Waals surface area (Å²) in [4.78, 5) is 41.0. The smallest absolute Gasteiger partial charge is 0.247 e. The van der Waals surface area contributed by atoms with Crippen LogP contribution in [-0.4, -0.2) is 28.7 Å². The number of carbonyl (C=O) groups is 3. The van der Waals surface area contributed by atoms with Crippen LogP contribution in [0.5, 0.6) is 0 Å². The Morgan fingerprint density at radius 1 is 1.00 bits per heavy atom. The highest BCUT2D eigenvalue weighted by Crippen LogP contribution is 2.35. The number of amides is 3. The Kier molecular flexibility index (Phi) is 7.67. The zero-order valence-electron chi connectivity index (χ0n) is 19.3. The van der Waals surface area contributed by atoms with Crippen molar-refractivity contribution in [2.45, 2.75) is 59.3 Å². The second kappa shape index (κ2) is 10.4. The Balaban J connectivity index is 1.83. The number of rotatable bonds is 8. The van der Waals surface area contributed by atoms with Crippen molar-refractivity contribution in [2.75, 3.05) is 0 Å². The molecule has 0 fully saturated rings. The molecule has 1 aliphatic rings. The molecule has 1 unspecified atom stereocenters. The standard InChI is InChI=1S/C26H33N3O3/c1-5-18(4)24(30)28-22(17(2)3)26(32)29-16-20-13-9-10-14-21(20)23(29)25(31)27-15-19-11-7-6-8-12-19/h6-14,17-18,22-23H,5,15-16H2,1-4H3,(H,27,31)(H,28,30)/t18-,22+,23?/m1/s1. The van der Waals surface area contributed by atoms with Crippen molar-refractivity contribution in [3.8, 4) is 0 Å². The summed E-state index contributed by atoms with van der Waals surface area (Å²) in [6.07, 6.45) is 0.699. The molecule has 0 aromatic heterocycles. The van der Waals surface area contributed by atoms with Gasteiger partial charge in [0.15, 0.2) is 0 Å². The zero-order chi connectivity index (χ0) is 23.3.